The first-order valence-corrected chi connectivity index (χ1v) is 9.10. The predicted molar refractivity (Wildman–Crippen MR) is 103 cm³/mol. The molecular weight excluding hydrogens is 356 g/mol. The number of aromatic nitrogens is 3. The molecular formula is C20H20N6O2. The minimum Gasteiger partial charge on any atom is -0.365 e. The first-order chi connectivity index (χ1) is 13.7. The third kappa shape index (κ3) is 3.52. The van der Waals surface area contributed by atoms with Crippen molar-refractivity contribution in [2.24, 2.45) is 0 Å². The number of benzene rings is 1. The van der Waals surface area contributed by atoms with Crippen LogP contribution in [0, 0.1) is 11.3 Å². The first-order valence-electron chi connectivity index (χ1n) is 9.10. The highest BCUT2D eigenvalue weighted by molar-refractivity contribution is 5.95. The number of aromatic amines is 1. The van der Waals surface area contributed by atoms with E-state index < -0.39 is 6.10 Å². The molecule has 1 aliphatic heterocycles. The van der Waals surface area contributed by atoms with Crippen LogP contribution in [0.25, 0.3) is 10.9 Å². The molecule has 1 fully saturated rings. The van der Waals surface area contributed by atoms with Crippen molar-refractivity contribution in [1.29, 1.82) is 5.26 Å². The van der Waals surface area contributed by atoms with Crippen LogP contribution in [-0.4, -0.2) is 46.4 Å². The highest BCUT2D eigenvalue weighted by Crippen LogP contribution is 2.30. The van der Waals surface area contributed by atoms with Crippen molar-refractivity contribution in [1.82, 2.24) is 20.5 Å². The number of fused-ring (bicyclic) bond motifs is 1. The van der Waals surface area contributed by atoms with Crippen molar-refractivity contribution >= 4 is 22.5 Å². The Kier molecular flexibility index (Phi) is 4.91. The number of carbonyl (C=O) groups excluding carboxylic acids is 1. The molecule has 0 bridgehead atoms. The molecule has 0 saturated carbocycles. The van der Waals surface area contributed by atoms with Crippen molar-refractivity contribution in [3.63, 3.8) is 0 Å². The zero-order chi connectivity index (χ0) is 19.5. The van der Waals surface area contributed by atoms with E-state index in [0.29, 0.717) is 30.7 Å². The summed E-state index contributed by atoms with van der Waals surface area (Å²) in [5, 5.41) is 19.8. The van der Waals surface area contributed by atoms with E-state index >= 15 is 0 Å². The van der Waals surface area contributed by atoms with E-state index in [1.165, 1.54) is 0 Å². The minimum absolute atomic E-state index is 0.112. The van der Waals surface area contributed by atoms with Gasteiger partial charge < -0.3 is 15.0 Å². The normalized spacial score (nSPS) is 19.4. The van der Waals surface area contributed by atoms with Crippen LogP contribution in [0.15, 0.2) is 42.7 Å². The van der Waals surface area contributed by atoms with E-state index in [9.17, 15) is 10.1 Å². The van der Waals surface area contributed by atoms with Crippen molar-refractivity contribution < 1.29 is 9.53 Å². The van der Waals surface area contributed by atoms with Gasteiger partial charge in [0.05, 0.1) is 36.0 Å². The maximum atomic E-state index is 12.6. The Morgan fingerprint density at radius 2 is 2.25 bits per heavy atom. The molecule has 4 rings (SSSR count). The molecule has 1 saturated heterocycles. The second kappa shape index (κ2) is 7.66. The van der Waals surface area contributed by atoms with Crippen LogP contribution in [0.2, 0.25) is 0 Å². The van der Waals surface area contributed by atoms with E-state index in [1.807, 2.05) is 31.2 Å². The van der Waals surface area contributed by atoms with Crippen LogP contribution >= 0.6 is 0 Å². The molecule has 142 valence electrons. The quantitative estimate of drug-likeness (QED) is 0.718. The number of hydrogen-bond acceptors (Lipinski definition) is 6. The summed E-state index contributed by atoms with van der Waals surface area (Å²) in [5.41, 5.74) is 2.98. The number of hydrogen-bond donors (Lipinski definition) is 2. The fourth-order valence-electron chi connectivity index (χ4n) is 3.50. The average Bonchev–Trinajstić information content (AvgIpc) is 3.24. The van der Waals surface area contributed by atoms with Gasteiger partial charge in [0.25, 0.3) is 5.91 Å². The molecule has 3 aromatic rings. The summed E-state index contributed by atoms with van der Waals surface area (Å²) in [7, 11) is 0. The lowest BCUT2D eigenvalue weighted by molar-refractivity contribution is -0.137. The van der Waals surface area contributed by atoms with Gasteiger partial charge >= 0.3 is 0 Å². The molecule has 0 aliphatic carbocycles. The highest BCUT2D eigenvalue weighted by Gasteiger charge is 2.31. The van der Waals surface area contributed by atoms with Crippen LogP contribution < -0.4 is 10.2 Å². The van der Waals surface area contributed by atoms with Crippen LogP contribution in [0.5, 0.6) is 0 Å². The number of ether oxygens (including phenoxy) is 1. The zero-order valence-electron chi connectivity index (χ0n) is 15.4. The predicted octanol–water partition coefficient (Wildman–Crippen LogP) is 1.74. The van der Waals surface area contributed by atoms with Gasteiger partial charge in [0.15, 0.2) is 6.10 Å². The van der Waals surface area contributed by atoms with Crippen molar-refractivity contribution in [2.45, 2.75) is 25.7 Å². The second-order valence-corrected chi connectivity index (χ2v) is 6.78. The topological polar surface area (TPSA) is 107 Å². The summed E-state index contributed by atoms with van der Waals surface area (Å²) >= 11 is 0. The van der Waals surface area contributed by atoms with Gasteiger partial charge in [-0.1, -0.05) is 0 Å². The second-order valence-electron chi connectivity index (χ2n) is 6.78. The molecule has 8 heteroatoms. The Morgan fingerprint density at radius 1 is 1.36 bits per heavy atom. The molecule has 2 atom stereocenters. The lowest BCUT2D eigenvalue weighted by Gasteiger charge is -2.38. The van der Waals surface area contributed by atoms with Crippen molar-refractivity contribution in [3.8, 4) is 6.07 Å². The molecule has 0 unspecified atom stereocenters. The number of pyridine rings is 1. The Hall–Kier alpha value is -3.44. The zero-order valence-corrected chi connectivity index (χ0v) is 15.4. The van der Waals surface area contributed by atoms with E-state index in [4.69, 9.17) is 4.74 Å². The molecule has 1 aliphatic rings. The monoisotopic (exact) mass is 376 g/mol. The molecule has 0 spiro atoms. The molecule has 0 radical (unpaired) electrons. The third-order valence-electron chi connectivity index (χ3n) is 4.77. The van der Waals surface area contributed by atoms with Crippen molar-refractivity contribution in [2.75, 3.05) is 18.0 Å². The molecule has 8 nitrogen and oxygen atoms in total. The van der Waals surface area contributed by atoms with Crippen LogP contribution in [0.4, 0.5) is 5.69 Å². The van der Waals surface area contributed by atoms with Gasteiger partial charge in [-0.15, -0.1) is 0 Å². The van der Waals surface area contributed by atoms with Gasteiger partial charge in [-0.05, 0) is 37.3 Å². The van der Waals surface area contributed by atoms with Gasteiger partial charge in [0.1, 0.15) is 6.07 Å². The number of morpholine rings is 1. The Bertz CT molecular complexity index is 1030. The van der Waals surface area contributed by atoms with Gasteiger partial charge in [0.2, 0.25) is 0 Å². The lowest BCUT2D eigenvalue weighted by atomic mass is 10.1. The molecule has 3 heterocycles. The third-order valence-corrected chi connectivity index (χ3v) is 4.77. The molecule has 2 aromatic heterocycles. The maximum Gasteiger partial charge on any atom is 0.251 e. The van der Waals surface area contributed by atoms with Crippen LogP contribution in [0.3, 0.4) is 0 Å². The summed E-state index contributed by atoms with van der Waals surface area (Å²) in [5.74, 6) is -0.165. The Morgan fingerprint density at radius 3 is 3.04 bits per heavy atom. The van der Waals surface area contributed by atoms with Gasteiger partial charge in [-0.2, -0.15) is 10.4 Å². The molecule has 1 amide bonds. The van der Waals surface area contributed by atoms with Crippen LogP contribution in [0.1, 0.15) is 18.2 Å². The molecule has 2 N–H and O–H groups in total. The van der Waals surface area contributed by atoms with E-state index in [1.54, 1.807) is 18.5 Å². The summed E-state index contributed by atoms with van der Waals surface area (Å²) in [4.78, 5) is 19.1. The van der Waals surface area contributed by atoms with Crippen molar-refractivity contribution in [3.05, 3.63) is 54.0 Å². The minimum atomic E-state index is -0.589. The van der Waals surface area contributed by atoms with E-state index in [-0.39, 0.29) is 12.0 Å². The molecule has 1 aromatic carbocycles. The van der Waals surface area contributed by atoms with E-state index in [0.717, 1.165) is 16.8 Å². The fourth-order valence-corrected chi connectivity index (χ4v) is 3.50. The Labute approximate surface area is 162 Å². The van der Waals surface area contributed by atoms with Gasteiger partial charge in [-0.3, -0.25) is 14.9 Å². The summed E-state index contributed by atoms with van der Waals surface area (Å²) in [6.07, 6.45) is 2.63. The standard InChI is InChI=1S/C20H20N6O2/c1-13-11-26(12-18(28-13)20(27)23-10-15-6-8-24-25-15)17-5-4-14(9-21)19-16(17)3-2-7-22-19/h2-8,13,18H,10-12H2,1H3,(H,23,27)(H,24,25)/t13-,18-/m1/s1. The number of rotatable bonds is 4. The number of anilines is 1. The summed E-state index contributed by atoms with van der Waals surface area (Å²) in [6, 6.07) is 11.5. The van der Waals surface area contributed by atoms with E-state index in [2.05, 4.69) is 31.5 Å². The maximum absolute atomic E-state index is 12.6. The molecule has 28 heavy (non-hydrogen) atoms. The lowest BCUT2D eigenvalue weighted by Crippen LogP contribution is -2.52. The number of nitrogens with zero attached hydrogens (tertiary/aromatic N) is 4. The van der Waals surface area contributed by atoms with Gasteiger partial charge in [0, 0.05) is 30.0 Å². The number of amides is 1. The largest absolute Gasteiger partial charge is 0.365 e. The smallest absolute Gasteiger partial charge is 0.251 e. The SMILES string of the molecule is C[C@@H]1CN(c2ccc(C#N)c3ncccc23)C[C@H](C(=O)NCc2ccn[nH]2)O1. The fraction of sp³-hybridized carbons (Fsp3) is 0.300. The average molecular weight is 376 g/mol. The Balaban J connectivity index is 1.56. The number of nitrogens with one attached hydrogen (secondary N) is 2. The number of H-pyrrole nitrogens is 1. The summed E-state index contributed by atoms with van der Waals surface area (Å²) in [6.45, 7) is 3.40. The summed E-state index contributed by atoms with van der Waals surface area (Å²) < 4.78 is 5.88. The van der Waals surface area contributed by atoms with Crippen LogP contribution in [-0.2, 0) is 16.1 Å². The number of nitriles is 1. The number of carbonyl (C=O) groups is 1. The highest BCUT2D eigenvalue weighted by atomic mass is 16.5. The van der Waals surface area contributed by atoms with Gasteiger partial charge in [-0.25, -0.2) is 0 Å². The first kappa shape index (κ1) is 17.9.